The lowest BCUT2D eigenvalue weighted by Crippen LogP contribution is -2.08. The molecule has 1 heterocycles. The first kappa shape index (κ1) is 13.7. The average molecular weight is 275 g/mol. The van der Waals surface area contributed by atoms with Gasteiger partial charge in [-0.2, -0.15) is 0 Å². The quantitative estimate of drug-likeness (QED) is 0.487. The third-order valence-corrected chi connectivity index (χ3v) is 2.63. The molecule has 0 atom stereocenters. The summed E-state index contributed by atoms with van der Waals surface area (Å²) in [5.41, 5.74) is 3.09. The summed E-state index contributed by atoms with van der Waals surface area (Å²) in [4.78, 5) is 18.3. The zero-order valence-corrected chi connectivity index (χ0v) is 10.7. The first-order valence-corrected chi connectivity index (χ1v) is 5.88. The average Bonchev–Trinajstić information content (AvgIpc) is 2.47. The van der Waals surface area contributed by atoms with Crippen LogP contribution in [0.4, 0.5) is 11.5 Å². The molecule has 104 valence electrons. The van der Waals surface area contributed by atoms with E-state index in [9.17, 15) is 10.1 Å². The van der Waals surface area contributed by atoms with E-state index in [4.69, 9.17) is 10.6 Å². The van der Waals surface area contributed by atoms with E-state index in [-0.39, 0.29) is 17.3 Å². The lowest BCUT2D eigenvalue weighted by Gasteiger charge is -2.07. The Morgan fingerprint density at radius 2 is 2.20 bits per heavy atom. The number of nitrogens with zero attached hydrogens (tertiary/aromatic N) is 3. The Hall–Kier alpha value is -2.74. The van der Waals surface area contributed by atoms with Crippen LogP contribution in [0.5, 0.6) is 11.6 Å². The Morgan fingerprint density at radius 3 is 2.85 bits per heavy atom. The smallest absolute Gasteiger partial charge is 0.311 e. The summed E-state index contributed by atoms with van der Waals surface area (Å²) in [6.07, 6.45) is 1.95. The summed E-state index contributed by atoms with van der Waals surface area (Å²) in [6, 6.07) is 6.25. The van der Waals surface area contributed by atoms with Gasteiger partial charge in [0.25, 0.3) is 0 Å². The van der Waals surface area contributed by atoms with Crippen molar-refractivity contribution >= 4 is 11.5 Å². The molecule has 0 aliphatic rings. The number of aryl methyl sites for hydroxylation is 1. The van der Waals surface area contributed by atoms with Crippen LogP contribution in [0.25, 0.3) is 0 Å². The number of hydrazine groups is 1. The highest BCUT2D eigenvalue weighted by atomic mass is 16.6. The number of nitro benzene ring substituents is 1. The van der Waals surface area contributed by atoms with Crippen molar-refractivity contribution in [1.29, 1.82) is 0 Å². The molecule has 0 fully saturated rings. The predicted molar refractivity (Wildman–Crippen MR) is 72.4 cm³/mol. The molecule has 0 unspecified atom stereocenters. The van der Waals surface area contributed by atoms with E-state index < -0.39 is 4.92 Å². The van der Waals surface area contributed by atoms with Crippen LogP contribution < -0.4 is 16.0 Å². The first-order valence-electron chi connectivity index (χ1n) is 5.88. The van der Waals surface area contributed by atoms with E-state index >= 15 is 0 Å². The van der Waals surface area contributed by atoms with Gasteiger partial charge < -0.3 is 10.2 Å². The van der Waals surface area contributed by atoms with Gasteiger partial charge in [0.1, 0.15) is 12.1 Å². The number of nitrogens with two attached hydrogens (primary N) is 1. The van der Waals surface area contributed by atoms with Gasteiger partial charge in [-0.05, 0) is 18.1 Å². The van der Waals surface area contributed by atoms with Crippen molar-refractivity contribution in [1.82, 2.24) is 9.97 Å². The summed E-state index contributed by atoms with van der Waals surface area (Å²) in [5.74, 6) is 5.86. The molecule has 0 radical (unpaired) electrons. The van der Waals surface area contributed by atoms with E-state index in [1.807, 2.05) is 6.92 Å². The van der Waals surface area contributed by atoms with Crippen LogP contribution in [-0.2, 0) is 6.42 Å². The fraction of sp³-hybridized carbons (Fsp3) is 0.167. The maximum absolute atomic E-state index is 11.1. The van der Waals surface area contributed by atoms with E-state index in [0.29, 0.717) is 12.2 Å². The molecule has 0 aliphatic heterocycles. The highest BCUT2D eigenvalue weighted by molar-refractivity contribution is 5.50. The number of anilines is 1. The highest BCUT2D eigenvalue weighted by Crippen LogP contribution is 2.31. The number of rotatable bonds is 5. The third kappa shape index (κ3) is 2.98. The number of aromatic nitrogens is 2. The van der Waals surface area contributed by atoms with E-state index in [1.165, 1.54) is 18.5 Å². The molecule has 1 aromatic carbocycles. The van der Waals surface area contributed by atoms with Crippen molar-refractivity contribution < 1.29 is 9.66 Å². The number of ether oxygens (including phenoxy) is 1. The van der Waals surface area contributed by atoms with Crippen LogP contribution in [0.1, 0.15) is 12.5 Å². The first-order chi connectivity index (χ1) is 9.63. The van der Waals surface area contributed by atoms with Crippen LogP contribution in [0.15, 0.2) is 30.6 Å². The van der Waals surface area contributed by atoms with Crippen LogP contribution in [-0.4, -0.2) is 14.9 Å². The van der Waals surface area contributed by atoms with Crippen molar-refractivity contribution in [2.75, 3.05) is 5.43 Å². The summed E-state index contributed by atoms with van der Waals surface area (Å²) < 4.78 is 5.42. The van der Waals surface area contributed by atoms with Gasteiger partial charge in [-0.1, -0.05) is 13.0 Å². The largest absolute Gasteiger partial charge is 0.432 e. The Morgan fingerprint density at radius 1 is 1.40 bits per heavy atom. The lowest BCUT2D eigenvalue weighted by atomic mass is 10.1. The molecular formula is C12H13N5O3. The number of hydrogen-bond acceptors (Lipinski definition) is 7. The normalized spacial score (nSPS) is 10.1. The Bertz CT molecular complexity index is 632. The van der Waals surface area contributed by atoms with Gasteiger partial charge in [-0.15, -0.1) is 0 Å². The number of hydrogen-bond donors (Lipinski definition) is 2. The molecule has 0 spiro atoms. The van der Waals surface area contributed by atoms with Crippen molar-refractivity contribution in [3.05, 3.63) is 46.3 Å². The molecular weight excluding hydrogens is 262 g/mol. The van der Waals surface area contributed by atoms with Gasteiger partial charge in [0, 0.05) is 12.1 Å². The molecule has 0 amide bonds. The molecule has 0 bridgehead atoms. The number of nitro groups is 1. The minimum atomic E-state index is -0.488. The van der Waals surface area contributed by atoms with E-state index in [2.05, 4.69) is 15.4 Å². The van der Waals surface area contributed by atoms with Gasteiger partial charge in [0.2, 0.25) is 11.6 Å². The Balaban J connectivity index is 2.34. The van der Waals surface area contributed by atoms with Gasteiger partial charge in [0.05, 0.1) is 4.92 Å². The van der Waals surface area contributed by atoms with Crippen molar-refractivity contribution in [2.24, 2.45) is 5.84 Å². The molecule has 8 nitrogen and oxygen atoms in total. The molecule has 20 heavy (non-hydrogen) atoms. The Kier molecular flexibility index (Phi) is 4.06. The standard InChI is InChI=1S/C12H13N5O3/c1-2-8-3-4-10(9(5-8)17(18)19)20-12-6-11(16-13)14-7-15-12/h3-7H,2,13H2,1H3,(H,14,15,16). The SMILES string of the molecule is CCc1ccc(Oc2cc(NN)ncn2)c([N+](=O)[O-])c1. The monoisotopic (exact) mass is 275 g/mol. The predicted octanol–water partition coefficient (Wildman–Crippen LogP) is 2.03. The zero-order chi connectivity index (χ0) is 14.5. The van der Waals surface area contributed by atoms with E-state index in [1.54, 1.807) is 12.1 Å². The summed E-state index contributed by atoms with van der Waals surface area (Å²) in [6.45, 7) is 1.92. The van der Waals surface area contributed by atoms with Crippen LogP contribution in [0.2, 0.25) is 0 Å². The number of benzene rings is 1. The molecule has 1 aromatic heterocycles. The lowest BCUT2D eigenvalue weighted by molar-refractivity contribution is -0.385. The van der Waals surface area contributed by atoms with E-state index in [0.717, 1.165) is 5.56 Å². The van der Waals surface area contributed by atoms with Gasteiger partial charge in [-0.25, -0.2) is 15.8 Å². The van der Waals surface area contributed by atoms with Crippen molar-refractivity contribution in [2.45, 2.75) is 13.3 Å². The molecule has 2 aromatic rings. The molecule has 0 saturated heterocycles. The number of nitrogen functional groups attached to an aromatic ring is 1. The van der Waals surface area contributed by atoms with Crippen LogP contribution in [0.3, 0.4) is 0 Å². The third-order valence-electron chi connectivity index (χ3n) is 2.63. The van der Waals surface area contributed by atoms with Crippen molar-refractivity contribution in [3.63, 3.8) is 0 Å². The molecule has 3 N–H and O–H groups in total. The van der Waals surface area contributed by atoms with Crippen LogP contribution >= 0.6 is 0 Å². The second kappa shape index (κ2) is 5.93. The fourth-order valence-corrected chi connectivity index (χ4v) is 1.60. The molecule has 8 heteroatoms. The van der Waals surface area contributed by atoms with Gasteiger partial charge in [0.15, 0.2) is 0 Å². The minimum Gasteiger partial charge on any atom is -0.432 e. The van der Waals surface area contributed by atoms with Crippen LogP contribution in [0, 0.1) is 10.1 Å². The maximum Gasteiger partial charge on any atom is 0.311 e. The molecule has 0 aliphatic carbocycles. The zero-order valence-electron chi connectivity index (χ0n) is 10.7. The Labute approximate surface area is 114 Å². The summed E-state index contributed by atoms with van der Waals surface area (Å²) in [5, 5.41) is 11.1. The van der Waals surface area contributed by atoms with Crippen molar-refractivity contribution in [3.8, 4) is 11.6 Å². The summed E-state index contributed by atoms with van der Waals surface area (Å²) >= 11 is 0. The minimum absolute atomic E-state index is 0.106. The summed E-state index contributed by atoms with van der Waals surface area (Å²) in [7, 11) is 0. The van der Waals surface area contributed by atoms with Gasteiger partial charge >= 0.3 is 5.69 Å². The fourth-order valence-electron chi connectivity index (χ4n) is 1.60. The number of nitrogens with one attached hydrogen (secondary N) is 1. The molecule has 0 saturated carbocycles. The topological polar surface area (TPSA) is 116 Å². The highest BCUT2D eigenvalue weighted by Gasteiger charge is 2.17. The second-order valence-corrected chi connectivity index (χ2v) is 3.90. The molecule has 2 rings (SSSR count). The maximum atomic E-state index is 11.1. The second-order valence-electron chi connectivity index (χ2n) is 3.90. The van der Waals surface area contributed by atoms with Gasteiger partial charge in [-0.3, -0.25) is 10.1 Å².